The molecule has 1 amide bonds. The number of benzene rings is 2. The molecule has 0 aliphatic carbocycles. The molecule has 3 aromatic rings. The van der Waals surface area contributed by atoms with Crippen molar-refractivity contribution in [2.75, 3.05) is 19.8 Å². The molecular weight excluding hydrogens is 422 g/mol. The van der Waals surface area contributed by atoms with Crippen molar-refractivity contribution in [3.8, 4) is 22.9 Å². The van der Waals surface area contributed by atoms with Gasteiger partial charge in [-0.05, 0) is 67.6 Å². The normalized spacial score (nSPS) is 10.6. The Kier molecular flexibility index (Phi) is 7.66. The highest BCUT2D eigenvalue weighted by Gasteiger charge is 2.19. The van der Waals surface area contributed by atoms with Crippen molar-refractivity contribution in [3.05, 3.63) is 52.8 Å². The molecular formula is C21H24ClN5O4. The van der Waals surface area contributed by atoms with Crippen LogP contribution in [0.1, 0.15) is 37.0 Å². The lowest BCUT2D eigenvalue weighted by atomic mass is 10.1. The van der Waals surface area contributed by atoms with Crippen molar-refractivity contribution in [1.29, 1.82) is 0 Å². The van der Waals surface area contributed by atoms with Gasteiger partial charge in [-0.25, -0.2) is 0 Å². The van der Waals surface area contributed by atoms with E-state index in [2.05, 4.69) is 20.8 Å². The third-order valence-corrected chi connectivity index (χ3v) is 4.44. The number of aromatic nitrogens is 4. The summed E-state index contributed by atoms with van der Waals surface area (Å²) in [6.07, 6.45) is 0. The first-order valence-electron chi connectivity index (χ1n) is 9.95. The molecule has 9 nitrogen and oxygen atoms in total. The SMILES string of the molecule is CCOc1cc(C(=O)NCc2nnnn2-c2ccc(Cl)cc2)cc(OCC)c1OCC. The van der Waals surface area contributed by atoms with Crippen LogP contribution in [0.3, 0.4) is 0 Å². The molecule has 0 atom stereocenters. The van der Waals surface area contributed by atoms with Crippen molar-refractivity contribution < 1.29 is 19.0 Å². The van der Waals surface area contributed by atoms with Gasteiger partial charge in [0.2, 0.25) is 5.75 Å². The van der Waals surface area contributed by atoms with Gasteiger partial charge in [-0.1, -0.05) is 11.6 Å². The van der Waals surface area contributed by atoms with Gasteiger partial charge in [-0.15, -0.1) is 5.10 Å². The number of amides is 1. The van der Waals surface area contributed by atoms with Crippen LogP contribution in [0.5, 0.6) is 17.2 Å². The topological polar surface area (TPSA) is 100 Å². The molecule has 0 fully saturated rings. The molecule has 0 saturated heterocycles. The zero-order valence-corrected chi connectivity index (χ0v) is 18.3. The van der Waals surface area contributed by atoms with E-state index in [0.29, 0.717) is 53.5 Å². The Bertz CT molecular complexity index is 996. The molecule has 1 aromatic heterocycles. The fourth-order valence-electron chi connectivity index (χ4n) is 2.88. The lowest BCUT2D eigenvalue weighted by Gasteiger charge is -2.17. The van der Waals surface area contributed by atoms with Crippen molar-refractivity contribution in [3.63, 3.8) is 0 Å². The molecule has 164 valence electrons. The van der Waals surface area contributed by atoms with E-state index < -0.39 is 0 Å². The second-order valence-electron chi connectivity index (χ2n) is 6.27. The largest absolute Gasteiger partial charge is 0.490 e. The molecule has 0 aliphatic rings. The lowest BCUT2D eigenvalue weighted by molar-refractivity contribution is 0.0948. The third kappa shape index (κ3) is 5.43. The van der Waals surface area contributed by atoms with Crippen molar-refractivity contribution >= 4 is 17.5 Å². The monoisotopic (exact) mass is 445 g/mol. The Balaban J connectivity index is 1.81. The van der Waals surface area contributed by atoms with Crippen LogP contribution in [0.15, 0.2) is 36.4 Å². The van der Waals surface area contributed by atoms with Crippen molar-refractivity contribution in [2.24, 2.45) is 0 Å². The van der Waals surface area contributed by atoms with Crippen LogP contribution >= 0.6 is 11.6 Å². The predicted octanol–water partition coefficient (Wildman–Crippen LogP) is 3.44. The van der Waals surface area contributed by atoms with Gasteiger partial charge in [0.1, 0.15) is 0 Å². The molecule has 31 heavy (non-hydrogen) atoms. The molecule has 0 spiro atoms. The molecule has 10 heteroatoms. The molecule has 3 rings (SSSR count). The van der Waals surface area contributed by atoms with Gasteiger partial charge in [0.25, 0.3) is 5.91 Å². The third-order valence-electron chi connectivity index (χ3n) is 4.18. The predicted molar refractivity (Wildman–Crippen MR) is 115 cm³/mol. The average Bonchev–Trinajstić information content (AvgIpc) is 3.23. The highest BCUT2D eigenvalue weighted by atomic mass is 35.5. The van der Waals surface area contributed by atoms with E-state index >= 15 is 0 Å². The minimum atomic E-state index is -0.324. The molecule has 0 radical (unpaired) electrons. The Hall–Kier alpha value is -3.33. The van der Waals surface area contributed by atoms with Gasteiger partial charge in [0.15, 0.2) is 17.3 Å². The van der Waals surface area contributed by atoms with Crippen LogP contribution in [0.25, 0.3) is 5.69 Å². The summed E-state index contributed by atoms with van der Waals surface area (Å²) in [6.45, 7) is 7.00. The highest BCUT2D eigenvalue weighted by Crippen LogP contribution is 2.39. The lowest BCUT2D eigenvalue weighted by Crippen LogP contribution is -2.25. The van der Waals surface area contributed by atoms with Crippen LogP contribution < -0.4 is 19.5 Å². The van der Waals surface area contributed by atoms with E-state index in [1.54, 1.807) is 36.4 Å². The Morgan fingerprint density at radius 1 is 1.00 bits per heavy atom. The highest BCUT2D eigenvalue weighted by molar-refractivity contribution is 6.30. The molecule has 0 aliphatic heterocycles. The minimum absolute atomic E-state index is 0.121. The summed E-state index contributed by atoms with van der Waals surface area (Å²) in [4.78, 5) is 12.9. The van der Waals surface area contributed by atoms with E-state index in [1.807, 2.05) is 20.8 Å². The van der Waals surface area contributed by atoms with Crippen LogP contribution in [0.2, 0.25) is 5.02 Å². The summed E-state index contributed by atoms with van der Waals surface area (Å²) in [5, 5.41) is 15.1. The molecule has 1 heterocycles. The second-order valence-corrected chi connectivity index (χ2v) is 6.70. The Labute approximate surface area is 185 Å². The summed E-state index contributed by atoms with van der Waals surface area (Å²) in [5.41, 5.74) is 1.11. The number of hydrogen-bond donors (Lipinski definition) is 1. The summed E-state index contributed by atoms with van der Waals surface area (Å²) >= 11 is 5.94. The van der Waals surface area contributed by atoms with Gasteiger partial charge >= 0.3 is 0 Å². The van der Waals surface area contributed by atoms with E-state index in [4.69, 9.17) is 25.8 Å². The molecule has 1 N–H and O–H groups in total. The van der Waals surface area contributed by atoms with Crippen molar-refractivity contribution in [2.45, 2.75) is 27.3 Å². The smallest absolute Gasteiger partial charge is 0.251 e. The zero-order valence-electron chi connectivity index (χ0n) is 17.6. The Morgan fingerprint density at radius 3 is 2.19 bits per heavy atom. The summed E-state index contributed by atoms with van der Waals surface area (Å²) in [5.74, 6) is 1.53. The van der Waals surface area contributed by atoms with Crippen LogP contribution in [-0.4, -0.2) is 45.9 Å². The number of halogens is 1. The zero-order chi connectivity index (χ0) is 22.2. The van der Waals surface area contributed by atoms with E-state index in [1.165, 1.54) is 4.68 Å². The van der Waals surface area contributed by atoms with Gasteiger partial charge in [0, 0.05) is 10.6 Å². The number of rotatable bonds is 10. The maximum atomic E-state index is 12.9. The maximum absolute atomic E-state index is 12.9. The Morgan fingerprint density at radius 2 is 1.61 bits per heavy atom. The maximum Gasteiger partial charge on any atom is 0.251 e. The average molecular weight is 446 g/mol. The second kappa shape index (κ2) is 10.6. The van der Waals surface area contributed by atoms with E-state index in [0.717, 1.165) is 5.69 Å². The van der Waals surface area contributed by atoms with Gasteiger partial charge < -0.3 is 19.5 Å². The number of carbonyl (C=O) groups is 1. The van der Waals surface area contributed by atoms with Crippen LogP contribution in [0, 0.1) is 0 Å². The van der Waals surface area contributed by atoms with Crippen LogP contribution in [-0.2, 0) is 6.54 Å². The first kappa shape index (κ1) is 22.4. The molecule has 0 bridgehead atoms. The molecule has 0 saturated carbocycles. The van der Waals surface area contributed by atoms with E-state index in [9.17, 15) is 4.79 Å². The fraction of sp³-hybridized carbons (Fsp3) is 0.333. The number of tetrazole rings is 1. The quantitative estimate of drug-likeness (QED) is 0.510. The number of carbonyl (C=O) groups excluding carboxylic acids is 1. The van der Waals surface area contributed by atoms with Gasteiger partial charge in [-0.3, -0.25) is 4.79 Å². The molecule has 0 unspecified atom stereocenters. The first-order chi connectivity index (χ1) is 15.1. The number of hydrogen-bond acceptors (Lipinski definition) is 7. The summed E-state index contributed by atoms with van der Waals surface area (Å²) in [7, 11) is 0. The van der Waals surface area contributed by atoms with Gasteiger partial charge in [-0.2, -0.15) is 4.68 Å². The number of ether oxygens (including phenoxy) is 3. The number of nitrogens with one attached hydrogen (secondary N) is 1. The number of nitrogens with zero attached hydrogens (tertiary/aromatic N) is 4. The summed E-state index contributed by atoms with van der Waals surface area (Å²) < 4.78 is 18.6. The summed E-state index contributed by atoms with van der Waals surface area (Å²) in [6, 6.07) is 10.3. The van der Waals surface area contributed by atoms with Crippen molar-refractivity contribution in [1.82, 2.24) is 25.5 Å². The van der Waals surface area contributed by atoms with Gasteiger partial charge in [0.05, 0.1) is 32.1 Å². The first-order valence-corrected chi connectivity index (χ1v) is 10.3. The van der Waals surface area contributed by atoms with Crippen LogP contribution in [0.4, 0.5) is 0 Å². The fourth-order valence-corrected chi connectivity index (χ4v) is 3.01. The standard InChI is InChI=1S/C21H24ClN5O4/c1-4-29-17-11-14(12-18(30-5-2)20(17)31-6-3)21(28)23-13-19-24-25-26-27(19)16-9-7-15(22)8-10-16/h7-12H,4-6,13H2,1-3H3,(H,23,28). The molecule has 2 aromatic carbocycles. The van der Waals surface area contributed by atoms with E-state index in [-0.39, 0.29) is 12.5 Å². The minimum Gasteiger partial charge on any atom is -0.490 e.